The van der Waals surface area contributed by atoms with E-state index in [2.05, 4.69) is 44.8 Å². The Morgan fingerprint density at radius 3 is 2.34 bits per heavy atom. The van der Waals surface area contributed by atoms with Crippen LogP contribution >= 0.6 is 0 Å². The van der Waals surface area contributed by atoms with Gasteiger partial charge in [0.05, 0.1) is 17.8 Å². The molecule has 12 atom stereocenters. The fraction of sp³-hybridized carbons (Fsp3) is 0.974. The van der Waals surface area contributed by atoms with Gasteiger partial charge in [0, 0.05) is 37.6 Å². The number of methoxy groups -OCH3 is 1. The second-order valence-electron chi connectivity index (χ2n) is 18.6. The van der Waals surface area contributed by atoms with Gasteiger partial charge in [-0.3, -0.25) is 0 Å². The summed E-state index contributed by atoms with van der Waals surface area (Å²) in [5, 5.41) is 26.1. The molecule has 47 heavy (non-hydrogen) atoms. The number of carbonyl (C=O) groups excluding carboxylic acids is 1. The van der Waals surface area contributed by atoms with Crippen LogP contribution in [0.1, 0.15) is 120 Å². The number of amides is 1. The van der Waals surface area contributed by atoms with E-state index >= 15 is 0 Å². The molecule has 0 aromatic carbocycles. The standard InChI is InChI=1S/C39H68N2O6/c1-10-46-32(35(5,6)44)27(45-9)22-25(2)26-23-30(42)37(8)29-13-12-28-34(3,4)31(47-33(43)40-18-21-41-19-11-20-41)14-15-38(28)24-39(29,38)17-16-36(26,37)7/h25-32,42,44H,10-24H2,1-9H3,(H,40,43)/t25-,26-,27?,28+,29?,30+,31+,32+,36-,37-,38-,39?/m1/s1. The van der Waals surface area contributed by atoms with Crippen molar-refractivity contribution in [1.82, 2.24) is 10.2 Å². The SMILES string of the molecule is CCO[C@@H](C(C[C@@H](C)[C@H]1C[C@H](O)[C@@]2(C)C3CC[C@H]4C(C)(C)[C@@H](OC(=O)NCCN5CCC5)CC[C@@]45CC35CC[C@]12C)OC)C(C)(C)O. The third kappa shape index (κ3) is 5.43. The molecule has 2 spiro atoms. The average molecular weight is 661 g/mol. The van der Waals surface area contributed by atoms with Crippen molar-refractivity contribution in [2.45, 2.75) is 150 Å². The normalized spacial score (nSPS) is 44.1. The van der Waals surface area contributed by atoms with E-state index < -0.39 is 11.7 Å². The molecule has 0 aromatic rings. The van der Waals surface area contributed by atoms with Crippen molar-refractivity contribution in [3.63, 3.8) is 0 Å². The summed E-state index contributed by atoms with van der Waals surface area (Å²) in [5.74, 6) is 1.77. The first kappa shape index (κ1) is 35.9. The van der Waals surface area contributed by atoms with Gasteiger partial charge in [0.15, 0.2) is 0 Å². The van der Waals surface area contributed by atoms with Gasteiger partial charge in [-0.15, -0.1) is 0 Å². The van der Waals surface area contributed by atoms with Gasteiger partial charge in [0.2, 0.25) is 0 Å². The Bertz CT molecular complexity index is 1150. The Balaban J connectivity index is 1.16. The molecule has 6 aliphatic rings. The number of aliphatic hydroxyl groups is 2. The number of fused-ring (bicyclic) bond motifs is 2. The monoisotopic (exact) mass is 661 g/mol. The molecule has 3 N–H and O–H groups in total. The fourth-order valence-electron chi connectivity index (χ4n) is 13.4. The lowest BCUT2D eigenvalue weighted by Gasteiger charge is -2.63. The molecule has 1 heterocycles. The molecule has 6 rings (SSSR count). The number of rotatable bonds is 12. The van der Waals surface area contributed by atoms with Gasteiger partial charge in [-0.2, -0.15) is 0 Å². The average Bonchev–Trinajstić information content (AvgIpc) is 3.59. The first-order chi connectivity index (χ1) is 22.0. The van der Waals surface area contributed by atoms with Crippen LogP contribution in [0, 0.1) is 50.7 Å². The van der Waals surface area contributed by atoms with Gasteiger partial charge in [-0.05, 0) is 138 Å². The second-order valence-corrected chi connectivity index (χ2v) is 18.6. The third-order valence-corrected chi connectivity index (χ3v) is 16.1. The smallest absolute Gasteiger partial charge is 0.407 e. The highest BCUT2D eigenvalue weighted by molar-refractivity contribution is 5.67. The van der Waals surface area contributed by atoms with Crippen LogP contribution in [0.4, 0.5) is 4.79 Å². The van der Waals surface area contributed by atoms with Crippen molar-refractivity contribution in [3.8, 4) is 0 Å². The van der Waals surface area contributed by atoms with Crippen molar-refractivity contribution in [3.05, 3.63) is 0 Å². The summed E-state index contributed by atoms with van der Waals surface area (Å²) in [4.78, 5) is 15.3. The number of nitrogens with one attached hydrogen (secondary N) is 1. The van der Waals surface area contributed by atoms with Crippen LogP contribution in [-0.4, -0.2) is 91.1 Å². The van der Waals surface area contributed by atoms with E-state index in [0.29, 0.717) is 47.7 Å². The molecular weight excluding hydrogens is 592 g/mol. The Labute approximate surface area is 285 Å². The Morgan fingerprint density at radius 2 is 1.72 bits per heavy atom. The van der Waals surface area contributed by atoms with Gasteiger partial charge < -0.3 is 34.6 Å². The maximum atomic E-state index is 12.9. The number of likely N-dealkylation sites (tertiary alicyclic amines) is 1. The maximum Gasteiger partial charge on any atom is 0.407 e. The van der Waals surface area contributed by atoms with Crippen LogP contribution in [-0.2, 0) is 14.2 Å². The zero-order valence-electron chi connectivity index (χ0n) is 31.2. The molecule has 0 radical (unpaired) electrons. The summed E-state index contributed by atoms with van der Waals surface area (Å²) >= 11 is 0. The molecule has 5 aliphatic carbocycles. The predicted octanol–water partition coefficient (Wildman–Crippen LogP) is 6.41. The van der Waals surface area contributed by atoms with E-state index in [1.165, 1.54) is 19.3 Å². The van der Waals surface area contributed by atoms with Crippen molar-refractivity contribution < 1.29 is 29.2 Å². The van der Waals surface area contributed by atoms with Crippen LogP contribution in [0.2, 0.25) is 0 Å². The van der Waals surface area contributed by atoms with Gasteiger partial charge in [-0.1, -0.05) is 34.6 Å². The second kappa shape index (κ2) is 12.4. The van der Waals surface area contributed by atoms with E-state index in [-0.39, 0.29) is 40.7 Å². The molecule has 8 nitrogen and oxygen atoms in total. The highest BCUT2D eigenvalue weighted by Gasteiger charge is 2.83. The van der Waals surface area contributed by atoms with Gasteiger partial charge >= 0.3 is 6.09 Å². The first-order valence-corrected chi connectivity index (χ1v) is 19.2. The topological polar surface area (TPSA) is 100 Å². The van der Waals surface area contributed by atoms with Crippen LogP contribution < -0.4 is 5.32 Å². The summed E-state index contributed by atoms with van der Waals surface area (Å²) in [6.45, 7) is 22.0. The zero-order chi connectivity index (χ0) is 34.2. The predicted molar refractivity (Wildman–Crippen MR) is 184 cm³/mol. The van der Waals surface area contributed by atoms with Crippen LogP contribution in [0.3, 0.4) is 0 Å². The van der Waals surface area contributed by atoms with E-state index in [1.54, 1.807) is 7.11 Å². The third-order valence-electron chi connectivity index (χ3n) is 16.1. The number of ether oxygens (including phenoxy) is 3. The zero-order valence-corrected chi connectivity index (χ0v) is 31.2. The molecule has 0 aromatic heterocycles. The number of hydrogen-bond donors (Lipinski definition) is 3. The Kier molecular flexibility index (Phi) is 9.45. The molecule has 3 unspecified atom stereocenters. The molecule has 0 bridgehead atoms. The summed E-state index contributed by atoms with van der Waals surface area (Å²) in [7, 11) is 1.74. The van der Waals surface area contributed by atoms with Crippen LogP contribution in [0.15, 0.2) is 0 Å². The molecule has 5 saturated carbocycles. The van der Waals surface area contributed by atoms with Crippen LogP contribution in [0.5, 0.6) is 0 Å². The van der Waals surface area contributed by atoms with Gasteiger partial charge in [0.1, 0.15) is 12.2 Å². The summed E-state index contributed by atoms with van der Waals surface area (Å²) < 4.78 is 18.3. The molecular formula is C39H68N2O6. The molecule has 1 saturated heterocycles. The minimum Gasteiger partial charge on any atom is -0.446 e. The molecule has 270 valence electrons. The van der Waals surface area contributed by atoms with Crippen molar-refractivity contribution in [2.24, 2.45) is 50.7 Å². The quantitative estimate of drug-likeness (QED) is 0.222. The first-order valence-electron chi connectivity index (χ1n) is 19.2. The Morgan fingerprint density at radius 1 is 1.04 bits per heavy atom. The maximum absolute atomic E-state index is 12.9. The van der Waals surface area contributed by atoms with Crippen molar-refractivity contribution >= 4 is 6.09 Å². The number of hydrogen-bond acceptors (Lipinski definition) is 7. The van der Waals surface area contributed by atoms with Crippen molar-refractivity contribution in [2.75, 3.05) is 39.9 Å². The molecule has 1 aliphatic heterocycles. The highest BCUT2D eigenvalue weighted by atomic mass is 16.6. The van der Waals surface area contributed by atoms with E-state index in [4.69, 9.17) is 14.2 Å². The molecule has 8 heteroatoms. The van der Waals surface area contributed by atoms with E-state index in [0.717, 1.165) is 64.6 Å². The lowest BCUT2D eigenvalue weighted by atomic mass is 9.41. The highest BCUT2D eigenvalue weighted by Crippen LogP contribution is 2.89. The largest absolute Gasteiger partial charge is 0.446 e. The number of alkyl carbamates (subject to hydrolysis) is 1. The molecule has 6 fully saturated rings. The summed E-state index contributed by atoms with van der Waals surface area (Å²) in [6, 6.07) is 0. The van der Waals surface area contributed by atoms with Gasteiger partial charge in [-0.25, -0.2) is 4.79 Å². The molecule has 1 amide bonds. The fourth-order valence-corrected chi connectivity index (χ4v) is 13.4. The van der Waals surface area contributed by atoms with Gasteiger partial charge in [0.25, 0.3) is 0 Å². The number of nitrogens with zero attached hydrogens (tertiary/aromatic N) is 1. The van der Waals surface area contributed by atoms with Crippen molar-refractivity contribution in [1.29, 1.82) is 0 Å². The van der Waals surface area contributed by atoms with E-state index in [9.17, 15) is 15.0 Å². The minimum atomic E-state index is -1.00. The summed E-state index contributed by atoms with van der Waals surface area (Å²) in [5.41, 5.74) is -0.571. The van der Waals surface area contributed by atoms with Crippen LogP contribution in [0.25, 0.3) is 0 Å². The lowest BCUT2D eigenvalue weighted by molar-refractivity contribution is -0.183. The van der Waals surface area contributed by atoms with E-state index in [1.807, 2.05) is 20.8 Å². The minimum absolute atomic E-state index is 0.0382. The number of aliphatic hydroxyl groups excluding tert-OH is 1. The lowest BCUT2D eigenvalue weighted by Crippen LogP contribution is -2.60. The number of carbonyl (C=O) groups is 1. The Hall–Kier alpha value is -0.930. The summed E-state index contributed by atoms with van der Waals surface area (Å²) in [6.07, 6.45) is 9.72.